The van der Waals surface area contributed by atoms with Gasteiger partial charge in [0.25, 0.3) is 5.91 Å². The molecule has 5 nitrogen and oxygen atoms in total. The van der Waals surface area contributed by atoms with Crippen LogP contribution in [0.1, 0.15) is 38.1 Å². The first-order valence-corrected chi connectivity index (χ1v) is 7.46. The van der Waals surface area contributed by atoms with Crippen molar-refractivity contribution in [2.75, 3.05) is 11.9 Å². The number of amides is 1. The molecule has 0 unspecified atom stereocenters. The molecule has 1 heterocycles. The van der Waals surface area contributed by atoms with Crippen LogP contribution in [0.15, 0.2) is 30.3 Å². The summed E-state index contributed by atoms with van der Waals surface area (Å²) in [5.74, 6) is -0.717. The van der Waals surface area contributed by atoms with Gasteiger partial charge in [0.15, 0.2) is 0 Å². The third-order valence-corrected chi connectivity index (χ3v) is 4.00. The number of thiophene rings is 1. The number of rotatable bonds is 4. The normalized spacial score (nSPS) is 9.86. The first-order valence-electron chi connectivity index (χ1n) is 6.64. The maximum Gasteiger partial charge on any atom is 0.348 e. The summed E-state index contributed by atoms with van der Waals surface area (Å²) in [7, 11) is 0. The molecule has 0 aliphatic heterocycles. The van der Waals surface area contributed by atoms with Crippen LogP contribution in [0, 0.1) is 18.3 Å². The molecule has 0 atom stereocenters. The van der Waals surface area contributed by atoms with Gasteiger partial charge in [-0.05, 0) is 43.7 Å². The minimum atomic E-state index is -0.392. The zero-order valence-electron chi connectivity index (χ0n) is 12.2. The molecule has 1 N–H and O–H groups in total. The Morgan fingerprint density at radius 2 is 2.14 bits per heavy atom. The van der Waals surface area contributed by atoms with Crippen molar-refractivity contribution in [2.45, 2.75) is 13.8 Å². The summed E-state index contributed by atoms with van der Waals surface area (Å²) in [5, 5.41) is 12.1. The average Bonchev–Trinajstić information content (AvgIpc) is 2.88. The molecule has 0 saturated heterocycles. The van der Waals surface area contributed by atoms with E-state index in [-0.39, 0.29) is 5.91 Å². The van der Waals surface area contributed by atoms with Crippen LogP contribution in [0.4, 0.5) is 5.00 Å². The fourth-order valence-corrected chi connectivity index (χ4v) is 2.82. The lowest BCUT2D eigenvalue weighted by atomic mass is 10.1. The minimum Gasteiger partial charge on any atom is -0.462 e. The van der Waals surface area contributed by atoms with Crippen LogP contribution >= 0.6 is 11.3 Å². The highest BCUT2D eigenvalue weighted by molar-refractivity contribution is 7.18. The number of hydrogen-bond donors (Lipinski definition) is 1. The summed E-state index contributed by atoms with van der Waals surface area (Å²) in [4.78, 5) is 24.4. The molecule has 0 bridgehead atoms. The Morgan fingerprint density at radius 3 is 2.82 bits per heavy atom. The van der Waals surface area contributed by atoms with Crippen LogP contribution in [0.3, 0.4) is 0 Å². The number of nitrogens with one attached hydrogen (secondary N) is 1. The molecular formula is C16H14N2O3S. The summed E-state index contributed by atoms with van der Waals surface area (Å²) in [6.45, 7) is 3.83. The van der Waals surface area contributed by atoms with Gasteiger partial charge < -0.3 is 10.1 Å². The van der Waals surface area contributed by atoms with Crippen molar-refractivity contribution >= 4 is 28.2 Å². The molecule has 2 rings (SSSR count). The third-order valence-electron chi connectivity index (χ3n) is 2.87. The number of benzene rings is 1. The molecule has 0 aliphatic carbocycles. The number of aryl methyl sites for hydroxylation is 1. The highest BCUT2D eigenvalue weighted by Gasteiger charge is 2.16. The van der Waals surface area contributed by atoms with Crippen LogP contribution in [0.5, 0.6) is 0 Å². The van der Waals surface area contributed by atoms with Crippen molar-refractivity contribution in [1.82, 2.24) is 0 Å². The lowest BCUT2D eigenvalue weighted by Crippen LogP contribution is -2.10. The summed E-state index contributed by atoms with van der Waals surface area (Å²) in [5.41, 5.74) is 1.56. The Bertz CT molecular complexity index is 759. The van der Waals surface area contributed by atoms with E-state index in [0.717, 1.165) is 5.56 Å². The van der Waals surface area contributed by atoms with Crippen molar-refractivity contribution < 1.29 is 14.3 Å². The fraction of sp³-hybridized carbons (Fsp3) is 0.188. The van der Waals surface area contributed by atoms with Gasteiger partial charge in [-0.25, -0.2) is 4.79 Å². The summed E-state index contributed by atoms with van der Waals surface area (Å²) < 4.78 is 4.96. The molecule has 0 saturated carbocycles. The molecule has 1 aromatic carbocycles. The quantitative estimate of drug-likeness (QED) is 0.878. The van der Waals surface area contributed by atoms with E-state index in [1.807, 2.05) is 6.07 Å². The van der Waals surface area contributed by atoms with Crippen molar-refractivity contribution in [3.05, 3.63) is 51.9 Å². The Balaban J connectivity index is 2.17. The summed E-state index contributed by atoms with van der Waals surface area (Å²) in [6, 6.07) is 10.1. The van der Waals surface area contributed by atoms with E-state index < -0.39 is 5.97 Å². The van der Waals surface area contributed by atoms with Gasteiger partial charge in [-0.3, -0.25) is 4.79 Å². The number of nitriles is 1. The van der Waals surface area contributed by atoms with Gasteiger partial charge in [-0.15, -0.1) is 11.3 Å². The lowest BCUT2D eigenvalue weighted by Gasteiger charge is -2.02. The zero-order valence-corrected chi connectivity index (χ0v) is 13.0. The average molecular weight is 314 g/mol. The first-order chi connectivity index (χ1) is 10.5. The van der Waals surface area contributed by atoms with Crippen molar-refractivity contribution in [3.8, 4) is 6.07 Å². The number of carbonyl (C=O) groups excluding carboxylic acids is 2. The van der Waals surface area contributed by atoms with Gasteiger partial charge in [0.2, 0.25) is 0 Å². The smallest absolute Gasteiger partial charge is 0.348 e. The molecule has 0 radical (unpaired) electrons. The van der Waals surface area contributed by atoms with E-state index in [0.29, 0.717) is 27.6 Å². The zero-order chi connectivity index (χ0) is 16.1. The number of esters is 1. The van der Waals surface area contributed by atoms with Crippen LogP contribution in [0.25, 0.3) is 0 Å². The van der Waals surface area contributed by atoms with Gasteiger partial charge in [0.1, 0.15) is 4.88 Å². The number of ether oxygens (including phenoxy) is 1. The van der Waals surface area contributed by atoms with E-state index in [2.05, 4.69) is 5.32 Å². The molecule has 112 valence electrons. The number of hydrogen-bond acceptors (Lipinski definition) is 5. The lowest BCUT2D eigenvalue weighted by molar-refractivity contribution is 0.0531. The van der Waals surface area contributed by atoms with Gasteiger partial charge in [-0.1, -0.05) is 6.07 Å². The van der Waals surface area contributed by atoms with Gasteiger partial charge in [0.05, 0.1) is 23.2 Å². The summed E-state index contributed by atoms with van der Waals surface area (Å²) >= 11 is 1.17. The van der Waals surface area contributed by atoms with Crippen molar-refractivity contribution in [1.29, 1.82) is 5.26 Å². The molecule has 2 aromatic rings. The highest BCUT2D eigenvalue weighted by Crippen LogP contribution is 2.27. The van der Waals surface area contributed by atoms with E-state index >= 15 is 0 Å². The maximum atomic E-state index is 12.2. The topological polar surface area (TPSA) is 79.2 Å². The molecule has 1 aromatic heterocycles. The van der Waals surface area contributed by atoms with E-state index in [1.165, 1.54) is 17.4 Å². The van der Waals surface area contributed by atoms with E-state index in [4.69, 9.17) is 10.00 Å². The number of carbonyl (C=O) groups is 2. The van der Waals surface area contributed by atoms with E-state index in [9.17, 15) is 9.59 Å². The highest BCUT2D eigenvalue weighted by atomic mass is 32.1. The molecule has 22 heavy (non-hydrogen) atoms. The largest absolute Gasteiger partial charge is 0.462 e. The van der Waals surface area contributed by atoms with Crippen molar-refractivity contribution in [3.63, 3.8) is 0 Å². The minimum absolute atomic E-state index is 0.304. The standard InChI is InChI=1S/C16H14N2O3S/c1-3-21-16(20)14-10(2)7-13(22-14)18-15(19)12-6-4-5-11(8-12)9-17/h4-8H,3H2,1-2H3,(H,18,19). The number of anilines is 1. The molecule has 0 spiro atoms. The maximum absolute atomic E-state index is 12.2. The van der Waals surface area contributed by atoms with Gasteiger partial charge in [-0.2, -0.15) is 5.26 Å². The number of nitrogens with zero attached hydrogens (tertiary/aromatic N) is 1. The molecule has 1 amide bonds. The van der Waals surface area contributed by atoms with Crippen LogP contribution in [-0.4, -0.2) is 18.5 Å². The second-order valence-electron chi connectivity index (χ2n) is 4.49. The molecule has 0 aliphatic rings. The van der Waals surface area contributed by atoms with Crippen LogP contribution in [-0.2, 0) is 4.74 Å². The Kier molecular flexibility index (Phi) is 4.92. The van der Waals surface area contributed by atoms with Crippen LogP contribution < -0.4 is 5.32 Å². The second kappa shape index (κ2) is 6.87. The third kappa shape index (κ3) is 3.51. The second-order valence-corrected chi connectivity index (χ2v) is 5.54. The summed E-state index contributed by atoms with van der Waals surface area (Å²) in [6.07, 6.45) is 0. The fourth-order valence-electron chi connectivity index (χ4n) is 1.86. The van der Waals surface area contributed by atoms with Crippen LogP contribution in [0.2, 0.25) is 0 Å². The SMILES string of the molecule is CCOC(=O)c1sc(NC(=O)c2cccc(C#N)c2)cc1C. The van der Waals surface area contributed by atoms with Gasteiger partial charge >= 0.3 is 5.97 Å². The molecule has 0 fully saturated rings. The Hall–Kier alpha value is -2.65. The predicted molar refractivity (Wildman–Crippen MR) is 84.1 cm³/mol. The molecule has 6 heteroatoms. The Morgan fingerprint density at radius 1 is 1.36 bits per heavy atom. The monoisotopic (exact) mass is 314 g/mol. The first kappa shape index (κ1) is 15.7. The van der Waals surface area contributed by atoms with E-state index in [1.54, 1.807) is 38.1 Å². The molecular weight excluding hydrogens is 300 g/mol. The van der Waals surface area contributed by atoms with Crippen molar-refractivity contribution in [2.24, 2.45) is 0 Å². The predicted octanol–water partition coefficient (Wildman–Crippen LogP) is 3.36. The Labute approximate surface area is 132 Å². The van der Waals surface area contributed by atoms with Gasteiger partial charge in [0, 0.05) is 5.56 Å².